The summed E-state index contributed by atoms with van der Waals surface area (Å²) in [4.78, 5) is 34.8. The summed E-state index contributed by atoms with van der Waals surface area (Å²) >= 11 is 6.98. The predicted octanol–water partition coefficient (Wildman–Crippen LogP) is 5.58. The van der Waals surface area contributed by atoms with Gasteiger partial charge < -0.3 is 9.47 Å². The number of methoxy groups -OCH3 is 2. The van der Waals surface area contributed by atoms with Crippen LogP contribution in [0.25, 0.3) is 17.3 Å². The minimum atomic E-state index is -0.550. The van der Waals surface area contributed by atoms with Crippen LogP contribution in [-0.2, 0) is 9.59 Å². The van der Waals surface area contributed by atoms with Crippen LogP contribution in [0.1, 0.15) is 5.56 Å². The van der Waals surface area contributed by atoms with E-state index in [4.69, 9.17) is 21.7 Å². The number of rotatable bonds is 6. The summed E-state index contributed by atoms with van der Waals surface area (Å²) < 4.78 is 10.7. The molecule has 37 heavy (non-hydrogen) atoms. The van der Waals surface area contributed by atoms with Crippen molar-refractivity contribution in [1.29, 1.82) is 0 Å². The lowest BCUT2D eigenvalue weighted by atomic mass is 10.1. The zero-order valence-corrected chi connectivity index (χ0v) is 21.6. The zero-order valence-electron chi connectivity index (χ0n) is 20.0. The predicted molar refractivity (Wildman–Crippen MR) is 149 cm³/mol. The molecule has 184 valence electrons. The number of nitrogens with zero attached hydrogens (tertiary/aromatic N) is 3. The van der Waals surface area contributed by atoms with Crippen LogP contribution in [0.2, 0.25) is 0 Å². The third-order valence-corrected chi connectivity index (χ3v) is 6.93. The third-order valence-electron chi connectivity index (χ3n) is 5.74. The molecule has 0 unspecified atom stereocenters. The molecule has 0 radical (unpaired) electrons. The SMILES string of the molecule is COc1ccc(C=C2C(=O)N(c3ccccc3)C(=S)N(c3nc(-c4ccccc4)cs3)C2=O)cc1OC. The van der Waals surface area contributed by atoms with Gasteiger partial charge >= 0.3 is 0 Å². The highest BCUT2D eigenvalue weighted by molar-refractivity contribution is 7.81. The molecular weight excluding hydrogens is 506 g/mol. The minimum absolute atomic E-state index is 0.0413. The van der Waals surface area contributed by atoms with E-state index in [2.05, 4.69) is 4.98 Å². The molecule has 7 nitrogen and oxygen atoms in total. The molecule has 3 aromatic carbocycles. The molecule has 1 aliphatic heterocycles. The lowest BCUT2D eigenvalue weighted by Gasteiger charge is -2.35. The lowest BCUT2D eigenvalue weighted by Crippen LogP contribution is -2.56. The Labute approximate surface area is 223 Å². The average molecular weight is 528 g/mol. The number of hydrogen-bond acceptors (Lipinski definition) is 7. The molecule has 0 bridgehead atoms. The van der Waals surface area contributed by atoms with Crippen molar-refractivity contribution in [2.24, 2.45) is 0 Å². The Morgan fingerprint density at radius 2 is 1.49 bits per heavy atom. The summed E-state index contributed by atoms with van der Waals surface area (Å²) in [7, 11) is 3.06. The molecule has 2 amide bonds. The van der Waals surface area contributed by atoms with Crippen LogP contribution in [0.15, 0.2) is 89.8 Å². The Morgan fingerprint density at radius 1 is 0.838 bits per heavy atom. The number of aromatic nitrogens is 1. The number of para-hydroxylation sites is 1. The summed E-state index contributed by atoms with van der Waals surface area (Å²) in [6, 6.07) is 23.8. The first kappa shape index (κ1) is 24.4. The van der Waals surface area contributed by atoms with Crippen molar-refractivity contribution in [3.05, 3.63) is 95.4 Å². The second-order valence-corrected chi connectivity index (χ2v) is 9.15. The summed E-state index contributed by atoms with van der Waals surface area (Å²) in [5.41, 5.74) is 2.72. The number of thiazole rings is 1. The second kappa shape index (κ2) is 10.3. The van der Waals surface area contributed by atoms with Gasteiger partial charge in [-0.25, -0.2) is 9.88 Å². The fourth-order valence-electron chi connectivity index (χ4n) is 3.92. The summed E-state index contributed by atoms with van der Waals surface area (Å²) in [6.07, 6.45) is 1.53. The monoisotopic (exact) mass is 527 g/mol. The highest BCUT2D eigenvalue weighted by atomic mass is 32.1. The van der Waals surface area contributed by atoms with Gasteiger partial charge in [-0.05, 0) is 48.1 Å². The maximum atomic E-state index is 13.8. The summed E-state index contributed by atoms with van der Waals surface area (Å²) in [5, 5.41) is 2.28. The molecular formula is C28H21N3O4S2. The van der Waals surface area contributed by atoms with Crippen LogP contribution in [-0.4, -0.2) is 36.1 Å². The number of hydrogen-bond donors (Lipinski definition) is 0. The van der Waals surface area contributed by atoms with Crippen molar-refractivity contribution < 1.29 is 19.1 Å². The average Bonchev–Trinajstić information content (AvgIpc) is 3.42. The van der Waals surface area contributed by atoms with Crippen LogP contribution >= 0.6 is 23.6 Å². The van der Waals surface area contributed by atoms with Gasteiger partial charge in [0.25, 0.3) is 11.8 Å². The second-order valence-electron chi connectivity index (χ2n) is 7.95. The van der Waals surface area contributed by atoms with E-state index in [-0.39, 0.29) is 10.7 Å². The van der Waals surface area contributed by atoms with Crippen LogP contribution in [0.5, 0.6) is 11.5 Å². The fraction of sp³-hybridized carbons (Fsp3) is 0.0714. The maximum Gasteiger partial charge on any atom is 0.272 e. The number of anilines is 2. The Bertz CT molecular complexity index is 1520. The zero-order chi connectivity index (χ0) is 25.9. The van der Waals surface area contributed by atoms with Gasteiger partial charge in [0.2, 0.25) is 0 Å². The quantitative estimate of drug-likeness (QED) is 0.185. The topological polar surface area (TPSA) is 72.0 Å². The third kappa shape index (κ3) is 4.62. The van der Waals surface area contributed by atoms with Gasteiger partial charge in [-0.2, -0.15) is 0 Å². The van der Waals surface area contributed by atoms with Crippen LogP contribution in [0, 0.1) is 0 Å². The largest absolute Gasteiger partial charge is 0.493 e. The Balaban J connectivity index is 1.61. The van der Waals surface area contributed by atoms with Gasteiger partial charge in [-0.3, -0.25) is 14.5 Å². The van der Waals surface area contributed by atoms with E-state index in [0.29, 0.717) is 33.6 Å². The molecule has 1 aliphatic rings. The molecule has 1 fully saturated rings. The van der Waals surface area contributed by atoms with E-state index < -0.39 is 11.8 Å². The van der Waals surface area contributed by atoms with Gasteiger partial charge in [-0.15, -0.1) is 11.3 Å². The van der Waals surface area contributed by atoms with Crippen molar-refractivity contribution in [2.45, 2.75) is 0 Å². The van der Waals surface area contributed by atoms with E-state index in [1.807, 2.05) is 41.8 Å². The highest BCUT2D eigenvalue weighted by Crippen LogP contribution is 2.34. The first-order valence-electron chi connectivity index (χ1n) is 11.2. The minimum Gasteiger partial charge on any atom is -0.493 e. The normalized spacial score (nSPS) is 14.9. The smallest absolute Gasteiger partial charge is 0.272 e. The Morgan fingerprint density at radius 3 is 2.16 bits per heavy atom. The van der Waals surface area contributed by atoms with E-state index in [9.17, 15) is 9.59 Å². The molecule has 5 rings (SSSR count). The molecule has 0 atom stereocenters. The molecule has 1 aromatic heterocycles. The number of amides is 2. The van der Waals surface area contributed by atoms with Crippen LogP contribution in [0.3, 0.4) is 0 Å². The van der Waals surface area contributed by atoms with Crippen molar-refractivity contribution in [2.75, 3.05) is 24.0 Å². The number of carbonyl (C=O) groups excluding carboxylic acids is 2. The molecule has 0 N–H and O–H groups in total. The van der Waals surface area contributed by atoms with Crippen molar-refractivity contribution in [1.82, 2.24) is 4.98 Å². The first-order chi connectivity index (χ1) is 18.0. The lowest BCUT2D eigenvalue weighted by molar-refractivity contribution is -0.120. The molecule has 1 saturated heterocycles. The van der Waals surface area contributed by atoms with Crippen LogP contribution < -0.4 is 19.3 Å². The molecule has 0 saturated carbocycles. The van der Waals surface area contributed by atoms with E-state index >= 15 is 0 Å². The van der Waals surface area contributed by atoms with Crippen molar-refractivity contribution in [3.63, 3.8) is 0 Å². The van der Waals surface area contributed by atoms with Gasteiger partial charge in [-0.1, -0.05) is 54.6 Å². The Hall–Kier alpha value is -4.34. The van der Waals surface area contributed by atoms with E-state index in [1.165, 1.54) is 34.3 Å². The number of benzene rings is 3. The molecule has 2 heterocycles. The van der Waals surface area contributed by atoms with Gasteiger partial charge in [0, 0.05) is 10.9 Å². The first-order valence-corrected chi connectivity index (χ1v) is 12.5. The van der Waals surface area contributed by atoms with E-state index in [1.54, 1.807) is 49.6 Å². The van der Waals surface area contributed by atoms with Crippen molar-refractivity contribution in [3.8, 4) is 22.8 Å². The number of thiocarbonyl (C=S) groups is 1. The standard InChI is InChI=1S/C28H21N3O4S2/c1-34-23-14-13-18(16-24(23)35-2)15-21-25(32)30(20-11-7-4-8-12-20)28(36)31(26(21)33)27-29-22(17-37-27)19-9-5-3-6-10-19/h3-17H,1-2H3. The summed E-state index contributed by atoms with van der Waals surface area (Å²) in [5.74, 6) is -0.0545. The van der Waals surface area contributed by atoms with Crippen LogP contribution in [0.4, 0.5) is 10.8 Å². The van der Waals surface area contributed by atoms with Gasteiger partial charge in [0.05, 0.1) is 25.6 Å². The Kier molecular flexibility index (Phi) is 6.80. The van der Waals surface area contributed by atoms with Crippen molar-refractivity contribution >= 4 is 57.4 Å². The summed E-state index contributed by atoms with van der Waals surface area (Å²) in [6.45, 7) is 0. The maximum absolute atomic E-state index is 13.8. The molecule has 0 spiro atoms. The van der Waals surface area contributed by atoms with Gasteiger partial charge in [0.15, 0.2) is 21.7 Å². The number of ether oxygens (including phenoxy) is 2. The fourth-order valence-corrected chi connectivity index (χ4v) is 5.17. The highest BCUT2D eigenvalue weighted by Gasteiger charge is 2.42. The molecule has 4 aromatic rings. The number of carbonyl (C=O) groups is 2. The molecule has 0 aliphatic carbocycles. The van der Waals surface area contributed by atoms with Gasteiger partial charge in [0.1, 0.15) is 5.57 Å². The van der Waals surface area contributed by atoms with E-state index in [0.717, 1.165) is 5.56 Å². The molecule has 9 heteroatoms.